The second-order valence-electron chi connectivity index (χ2n) is 5.16. The molecule has 0 aliphatic carbocycles. The minimum Gasteiger partial charge on any atom is -0.466 e. The fourth-order valence-electron chi connectivity index (χ4n) is 1.18. The largest absolute Gasteiger partial charge is 0.466 e. The van der Waals surface area contributed by atoms with E-state index < -0.39 is 5.41 Å². The van der Waals surface area contributed by atoms with Crippen LogP contribution in [0.3, 0.4) is 0 Å². The standard InChI is InChI=1S/C13H24N2O4/c1-5-19-11(17)7-9-14-10(16)6-8-15-12(18)13(2,3)4/h5-9H2,1-4H3,(H,14,16)(H,15,18). The van der Waals surface area contributed by atoms with Crippen molar-refractivity contribution in [3.05, 3.63) is 0 Å². The highest BCUT2D eigenvalue weighted by atomic mass is 16.5. The molecule has 0 saturated carbocycles. The smallest absolute Gasteiger partial charge is 0.307 e. The summed E-state index contributed by atoms with van der Waals surface area (Å²) in [5.74, 6) is -0.617. The summed E-state index contributed by atoms with van der Waals surface area (Å²) in [6.45, 7) is 8.04. The van der Waals surface area contributed by atoms with Crippen molar-refractivity contribution in [3.8, 4) is 0 Å². The molecule has 2 N–H and O–H groups in total. The fraction of sp³-hybridized carbons (Fsp3) is 0.769. The first-order valence-electron chi connectivity index (χ1n) is 6.48. The predicted octanol–water partition coefficient (Wildman–Crippen LogP) is 0.608. The lowest BCUT2D eigenvalue weighted by atomic mass is 9.96. The van der Waals surface area contributed by atoms with Crippen molar-refractivity contribution < 1.29 is 19.1 Å². The van der Waals surface area contributed by atoms with Gasteiger partial charge in [-0.1, -0.05) is 20.8 Å². The van der Waals surface area contributed by atoms with Gasteiger partial charge in [0.05, 0.1) is 13.0 Å². The summed E-state index contributed by atoms with van der Waals surface area (Å²) in [4.78, 5) is 33.9. The van der Waals surface area contributed by atoms with Crippen LogP contribution in [0.4, 0.5) is 0 Å². The van der Waals surface area contributed by atoms with Gasteiger partial charge >= 0.3 is 5.97 Å². The molecule has 110 valence electrons. The maximum Gasteiger partial charge on any atom is 0.307 e. The van der Waals surface area contributed by atoms with Crippen LogP contribution in [0, 0.1) is 5.41 Å². The molecule has 0 aromatic carbocycles. The second-order valence-corrected chi connectivity index (χ2v) is 5.16. The lowest BCUT2D eigenvalue weighted by Crippen LogP contribution is -2.37. The molecule has 0 aromatic heterocycles. The zero-order chi connectivity index (χ0) is 14.9. The monoisotopic (exact) mass is 272 g/mol. The van der Waals surface area contributed by atoms with Gasteiger partial charge < -0.3 is 15.4 Å². The number of carbonyl (C=O) groups is 3. The summed E-state index contributed by atoms with van der Waals surface area (Å²) in [6.07, 6.45) is 0.360. The molecule has 19 heavy (non-hydrogen) atoms. The second kappa shape index (κ2) is 8.50. The Morgan fingerprint density at radius 1 is 1.00 bits per heavy atom. The van der Waals surface area contributed by atoms with E-state index in [9.17, 15) is 14.4 Å². The number of nitrogens with one attached hydrogen (secondary N) is 2. The van der Waals surface area contributed by atoms with E-state index in [1.54, 1.807) is 6.92 Å². The van der Waals surface area contributed by atoms with Gasteiger partial charge in [0.1, 0.15) is 0 Å². The molecular weight excluding hydrogens is 248 g/mol. The summed E-state index contributed by atoms with van der Waals surface area (Å²) in [6, 6.07) is 0. The number of ether oxygens (including phenoxy) is 1. The van der Waals surface area contributed by atoms with Crippen LogP contribution in [0.5, 0.6) is 0 Å². The minimum atomic E-state index is -0.458. The molecule has 0 aromatic rings. The Morgan fingerprint density at radius 3 is 2.11 bits per heavy atom. The van der Waals surface area contributed by atoms with Gasteiger partial charge in [-0.15, -0.1) is 0 Å². The van der Waals surface area contributed by atoms with Gasteiger partial charge in [-0.25, -0.2) is 0 Å². The van der Waals surface area contributed by atoms with Crippen molar-refractivity contribution in [1.29, 1.82) is 0 Å². The first kappa shape index (κ1) is 17.4. The van der Waals surface area contributed by atoms with Gasteiger partial charge in [-0.05, 0) is 6.92 Å². The van der Waals surface area contributed by atoms with Gasteiger partial charge in [0.2, 0.25) is 11.8 Å². The fourth-order valence-corrected chi connectivity index (χ4v) is 1.18. The highest BCUT2D eigenvalue weighted by molar-refractivity contribution is 5.82. The van der Waals surface area contributed by atoms with Crippen molar-refractivity contribution in [2.24, 2.45) is 5.41 Å². The molecule has 0 unspecified atom stereocenters. The van der Waals surface area contributed by atoms with E-state index in [4.69, 9.17) is 4.74 Å². The number of amides is 2. The Kier molecular flexibility index (Phi) is 7.79. The zero-order valence-electron chi connectivity index (χ0n) is 12.2. The molecule has 0 aliphatic rings. The van der Waals surface area contributed by atoms with Crippen LogP contribution >= 0.6 is 0 Å². The van der Waals surface area contributed by atoms with E-state index in [0.717, 1.165) is 0 Å². The Morgan fingerprint density at radius 2 is 1.58 bits per heavy atom. The number of rotatable bonds is 7. The third-order valence-electron chi connectivity index (χ3n) is 2.28. The van der Waals surface area contributed by atoms with Crippen molar-refractivity contribution in [3.63, 3.8) is 0 Å². The van der Waals surface area contributed by atoms with Crippen LogP contribution in [0.1, 0.15) is 40.5 Å². The Balaban J connectivity index is 3.66. The molecule has 2 amide bonds. The third-order valence-corrected chi connectivity index (χ3v) is 2.28. The first-order valence-corrected chi connectivity index (χ1v) is 6.48. The van der Waals surface area contributed by atoms with Crippen molar-refractivity contribution in [2.45, 2.75) is 40.5 Å². The maximum atomic E-state index is 11.5. The quantitative estimate of drug-likeness (QED) is 0.665. The maximum absolute atomic E-state index is 11.5. The van der Waals surface area contributed by atoms with E-state index in [-0.39, 0.29) is 37.2 Å². The van der Waals surface area contributed by atoms with E-state index in [1.807, 2.05) is 20.8 Å². The SMILES string of the molecule is CCOC(=O)CCNC(=O)CCNC(=O)C(C)(C)C. The van der Waals surface area contributed by atoms with Crippen molar-refractivity contribution in [2.75, 3.05) is 19.7 Å². The molecule has 0 rings (SSSR count). The highest BCUT2D eigenvalue weighted by Gasteiger charge is 2.20. The average Bonchev–Trinajstić information content (AvgIpc) is 2.27. The number of hydrogen-bond acceptors (Lipinski definition) is 4. The lowest BCUT2D eigenvalue weighted by Gasteiger charge is -2.17. The summed E-state index contributed by atoms with van der Waals surface area (Å²) in [7, 11) is 0. The highest BCUT2D eigenvalue weighted by Crippen LogP contribution is 2.11. The van der Waals surface area contributed by atoms with Crippen LogP contribution in [-0.4, -0.2) is 37.5 Å². The van der Waals surface area contributed by atoms with Crippen LogP contribution < -0.4 is 10.6 Å². The Bertz CT molecular complexity index is 321. The van der Waals surface area contributed by atoms with E-state index in [1.165, 1.54) is 0 Å². The third kappa shape index (κ3) is 9.04. The molecule has 0 fully saturated rings. The molecule has 0 heterocycles. The molecule has 0 saturated heterocycles. The Labute approximate surface area is 114 Å². The van der Waals surface area contributed by atoms with Crippen LogP contribution in [-0.2, 0) is 19.1 Å². The predicted molar refractivity (Wildman–Crippen MR) is 71.3 cm³/mol. The molecule has 6 nitrogen and oxygen atoms in total. The topological polar surface area (TPSA) is 84.5 Å². The van der Waals surface area contributed by atoms with Crippen LogP contribution in [0.25, 0.3) is 0 Å². The first-order chi connectivity index (χ1) is 8.77. The summed E-state index contributed by atoms with van der Waals surface area (Å²) >= 11 is 0. The molecular formula is C13H24N2O4. The van der Waals surface area contributed by atoms with Gasteiger partial charge in [-0.2, -0.15) is 0 Å². The van der Waals surface area contributed by atoms with Gasteiger partial charge in [0.15, 0.2) is 0 Å². The number of carbonyl (C=O) groups excluding carboxylic acids is 3. The van der Waals surface area contributed by atoms with Gasteiger partial charge in [-0.3, -0.25) is 14.4 Å². The Hall–Kier alpha value is -1.59. The van der Waals surface area contributed by atoms with Crippen molar-refractivity contribution >= 4 is 17.8 Å². The van der Waals surface area contributed by atoms with Crippen molar-refractivity contribution in [1.82, 2.24) is 10.6 Å². The van der Waals surface area contributed by atoms with E-state index >= 15 is 0 Å². The van der Waals surface area contributed by atoms with Gasteiger partial charge in [0.25, 0.3) is 0 Å². The van der Waals surface area contributed by atoms with Crippen LogP contribution in [0.2, 0.25) is 0 Å². The molecule has 0 spiro atoms. The summed E-state index contributed by atoms with van der Waals surface area (Å²) < 4.78 is 4.73. The lowest BCUT2D eigenvalue weighted by molar-refractivity contribution is -0.143. The summed E-state index contributed by atoms with van der Waals surface area (Å²) in [5.41, 5.74) is -0.458. The summed E-state index contributed by atoms with van der Waals surface area (Å²) in [5, 5.41) is 5.27. The van der Waals surface area contributed by atoms with E-state index in [0.29, 0.717) is 13.2 Å². The normalized spacial score (nSPS) is 10.7. The molecule has 0 radical (unpaired) electrons. The minimum absolute atomic E-state index is 0.0909. The number of hydrogen-bond donors (Lipinski definition) is 2. The van der Waals surface area contributed by atoms with E-state index in [2.05, 4.69) is 10.6 Å². The number of esters is 1. The molecule has 0 atom stereocenters. The average molecular weight is 272 g/mol. The molecule has 0 aliphatic heterocycles. The van der Waals surface area contributed by atoms with Gasteiger partial charge in [0, 0.05) is 24.9 Å². The molecule has 0 bridgehead atoms. The van der Waals surface area contributed by atoms with Crippen LogP contribution in [0.15, 0.2) is 0 Å². The zero-order valence-corrected chi connectivity index (χ0v) is 12.2. The molecule has 6 heteroatoms.